The van der Waals surface area contributed by atoms with Gasteiger partial charge in [0.15, 0.2) is 5.82 Å². The van der Waals surface area contributed by atoms with Crippen molar-refractivity contribution in [2.45, 2.75) is 6.92 Å². The van der Waals surface area contributed by atoms with Crippen LogP contribution in [0.15, 0.2) is 48.7 Å². The highest BCUT2D eigenvalue weighted by Crippen LogP contribution is 2.27. The molecule has 2 heterocycles. The van der Waals surface area contributed by atoms with Crippen molar-refractivity contribution in [1.82, 2.24) is 14.9 Å². The third kappa shape index (κ3) is 5.02. The zero-order valence-corrected chi connectivity index (χ0v) is 18.7. The van der Waals surface area contributed by atoms with Gasteiger partial charge in [0.05, 0.1) is 17.4 Å². The van der Waals surface area contributed by atoms with Crippen LogP contribution in [-0.2, 0) is 0 Å². The number of anilines is 5. The summed E-state index contributed by atoms with van der Waals surface area (Å²) in [7, 11) is 2.14. The highest BCUT2D eigenvalue weighted by atomic mass is 16.1. The van der Waals surface area contributed by atoms with Crippen LogP contribution in [0, 0.1) is 18.3 Å². The molecule has 33 heavy (non-hydrogen) atoms. The second-order valence-corrected chi connectivity index (χ2v) is 8.02. The quantitative estimate of drug-likeness (QED) is 0.532. The minimum Gasteiger partial charge on any atom is -0.369 e. The van der Waals surface area contributed by atoms with Gasteiger partial charge in [-0.3, -0.25) is 4.79 Å². The number of rotatable bonds is 6. The fourth-order valence-corrected chi connectivity index (χ4v) is 3.82. The lowest BCUT2D eigenvalue weighted by molar-refractivity contribution is 0.100. The van der Waals surface area contributed by atoms with E-state index in [1.54, 1.807) is 24.3 Å². The number of aryl methyl sites for hydroxylation is 1. The van der Waals surface area contributed by atoms with Crippen molar-refractivity contribution in [2.24, 2.45) is 5.73 Å². The van der Waals surface area contributed by atoms with Crippen molar-refractivity contribution in [1.29, 1.82) is 5.26 Å². The van der Waals surface area contributed by atoms with Crippen LogP contribution in [-0.4, -0.2) is 54.0 Å². The number of piperazine rings is 1. The summed E-state index contributed by atoms with van der Waals surface area (Å²) in [5, 5.41) is 15.7. The molecular weight excluding hydrogens is 416 g/mol. The minimum atomic E-state index is -0.570. The number of carbonyl (C=O) groups excluding carboxylic acids is 1. The number of aromatic nitrogens is 2. The molecule has 9 nitrogen and oxygen atoms in total. The number of amides is 1. The van der Waals surface area contributed by atoms with Crippen LogP contribution < -0.4 is 21.3 Å². The standard InChI is InChI=1S/C24H26N8O/c1-16-13-18(7-8-21(16)32-11-9-31(2)10-12-32)28-24-27-15-17(14-25)23(30-24)29-20-6-4-3-5-19(20)22(26)33/h3-8,13,15H,9-12H2,1-2H3,(H2,26,33)(H2,27,28,29,30). The molecule has 4 rings (SSSR count). The van der Waals surface area contributed by atoms with Gasteiger partial charge in [-0.05, 0) is 49.9 Å². The van der Waals surface area contributed by atoms with Crippen LogP contribution in [0.3, 0.4) is 0 Å². The van der Waals surface area contributed by atoms with Crippen molar-refractivity contribution in [2.75, 3.05) is 48.8 Å². The van der Waals surface area contributed by atoms with E-state index in [2.05, 4.69) is 62.6 Å². The normalized spacial score (nSPS) is 13.9. The molecule has 0 aliphatic carbocycles. The zero-order valence-electron chi connectivity index (χ0n) is 18.7. The summed E-state index contributed by atoms with van der Waals surface area (Å²) < 4.78 is 0. The molecule has 2 aromatic carbocycles. The van der Waals surface area contributed by atoms with E-state index in [0.29, 0.717) is 17.2 Å². The van der Waals surface area contributed by atoms with Crippen molar-refractivity contribution < 1.29 is 4.79 Å². The molecule has 0 saturated carbocycles. The summed E-state index contributed by atoms with van der Waals surface area (Å²) in [6, 6.07) is 15.0. The Labute approximate surface area is 192 Å². The Morgan fingerprint density at radius 2 is 1.88 bits per heavy atom. The van der Waals surface area contributed by atoms with Gasteiger partial charge in [-0.15, -0.1) is 0 Å². The molecule has 3 aromatic rings. The first-order valence-electron chi connectivity index (χ1n) is 10.7. The van der Waals surface area contributed by atoms with Crippen molar-refractivity contribution in [3.8, 4) is 6.07 Å². The number of hydrogen-bond acceptors (Lipinski definition) is 8. The fraction of sp³-hybridized carbons (Fsp3) is 0.250. The van der Waals surface area contributed by atoms with E-state index in [9.17, 15) is 10.1 Å². The number of likely N-dealkylation sites (N-methyl/N-ethyl adjacent to an activating group) is 1. The highest BCUT2D eigenvalue weighted by Gasteiger charge is 2.16. The number of hydrogen-bond donors (Lipinski definition) is 3. The summed E-state index contributed by atoms with van der Waals surface area (Å²) >= 11 is 0. The monoisotopic (exact) mass is 442 g/mol. The summed E-state index contributed by atoms with van der Waals surface area (Å²) in [6.07, 6.45) is 1.44. The topological polar surface area (TPSA) is 123 Å². The Hall–Kier alpha value is -4.16. The molecule has 1 aromatic heterocycles. The van der Waals surface area contributed by atoms with Crippen LogP contribution in [0.2, 0.25) is 0 Å². The highest BCUT2D eigenvalue weighted by molar-refractivity contribution is 5.99. The van der Waals surface area contributed by atoms with Gasteiger partial charge in [0.1, 0.15) is 11.6 Å². The SMILES string of the molecule is Cc1cc(Nc2ncc(C#N)c(Nc3ccccc3C(N)=O)n2)ccc1N1CCN(C)CC1. The third-order valence-electron chi connectivity index (χ3n) is 5.65. The first kappa shape index (κ1) is 22.0. The maximum absolute atomic E-state index is 11.7. The molecule has 0 bridgehead atoms. The van der Waals surface area contributed by atoms with E-state index in [4.69, 9.17) is 5.73 Å². The summed E-state index contributed by atoms with van der Waals surface area (Å²) in [6.45, 7) is 6.20. The number of nitrogens with zero attached hydrogens (tertiary/aromatic N) is 5. The molecule has 168 valence electrons. The zero-order chi connectivity index (χ0) is 23.4. The Balaban J connectivity index is 1.55. The second-order valence-electron chi connectivity index (χ2n) is 8.02. The van der Waals surface area contributed by atoms with Gasteiger partial charge < -0.3 is 26.2 Å². The van der Waals surface area contributed by atoms with Crippen LogP contribution in [0.25, 0.3) is 0 Å². The molecule has 1 aliphatic rings. The third-order valence-corrected chi connectivity index (χ3v) is 5.65. The van der Waals surface area contributed by atoms with Crippen LogP contribution in [0.4, 0.5) is 28.8 Å². The number of nitrogens with two attached hydrogens (primary N) is 1. The molecule has 0 unspecified atom stereocenters. The van der Waals surface area contributed by atoms with Gasteiger partial charge in [0.2, 0.25) is 5.95 Å². The van der Waals surface area contributed by atoms with Crippen molar-refractivity contribution in [3.05, 3.63) is 65.4 Å². The lowest BCUT2D eigenvalue weighted by Gasteiger charge is -2.35. The number of para-hydroxylation sites is 1. The van der Waals surface area contributed by atoms with Gasteiger partial charge in [-0.25, -0.2) is 4.98 Å². The van der Waals surface area contributed by atoms with Gasteiger partial charge in [0, 0.05) is 37.6 Å². The van der Waals surface area contributed by atoms with E-state index in [0.717, 1.165) is 37.4 Å². The molecular formula is C24H26N8O. The van der Waals surface area contributed by atoms with Crippen LogP contribution >= 0.6 is 0 Å². The van der Waals surface area contributed by atoms with Crippen LogP contribution in [0.5, 0.6) is 0 Å². The van der Waals surface area contributed by atoms with Gasteiger partial charge in [-0.1, -0.05) is 12.1 Å². The Morgan fingerprint density at radius 1 is 1.12 bits per heavy atom. The molecule has 9 heteroatoms. The molecule has 1 aliphatic heterocycles. The van der Waals surface area contributed by atoms with E-state index < -0.39 is 5.91 Å². The van der Waals surface area contributed by atoms with E-state index in [-0.39, 0.29) is 11.4 Å². The fourth-order valence-electron chi connectivity index (χ4n) is 3.82. The van der Waals surface area contributed by atoms with Crippen molar-refractivity contribution in [3.63, 3.8) is 0 Å². The molecule has 0 spiro atoms. The number of benzene rings is 2. The molecule has 0 atom stereocenters. The Morgan fingerprint density at radius 3 is 2.58 bits per heavy atom. The Kier molecular flexibility index (Phi) is 6.38. The van der Waals surface area contributed by atoms with Gasteiger partial charge in [0.25, 0.3) is 5.91 Å². The maximum Gasteiger partial charge on any atom is 0.250 e. The van der Waals surface area contributed by atoms with E-state index >= 15 is 0 Å². The predicted octanol–water partition coefficient (Wildman–Crippen LogP) is 2.99. The van der Waals surface area contributed by atoms with Crippen molar-refractivity contribution >= 4 is 34.7 Å². The van der Waals surface area contributed by atoms with E-state index in [1.807, 2.05) is 6.07 Å². The largest absolute Gasteiger partial charge is 0.369 e. The number of nitrogens with one attached hydrogen (secondary N) is 2. The maximum atomic E-state index is 11.7. The molecule has 1 saturated heterocycles. The molecule has 1 amide bonds. The number of carbonyl (C=O) groups is 1. The molecule has 4 N–H and O–H groups in total. The smallest absolute Gasteiger partial charge is 0.250 e. The number of nitriles is 1. The van der Waals surface area contributed by atoms with Gasteiger partial charge >= 0.3 is 0 Å². The summed E-state index contributed by atoms with van der Waals surface area (Å²) in [5.41, 5.74) is 9.72. The summed E-state index contributed by atoms with van der Waals surface area (Å²) in [4.78, 5) is 25.2. The minimum absolute atomic E-state index is 0.251. The second kappa shape index (κ2) is 9.54. The predicted molar refractivity (Wildman–Crippen MR) is 129 cm³/mol. The first-order valence-corrected chi connectivity index (χ1v) is 10.7. The lowest BCUT2D eigenvalue weighted by atomic mass is 10.1. The number of primary amides is 1. The van der Waals surface area contributed by atoms with Crippen LogP contribution in [0.1, 0.15) is 21.5 Å². The Bertz CT molecular complexity index is 1210. The molecule has 0 radical (unpaired) electrons. The average Bonchev–Trinajstić information content (AvgIpc) is 2.80. The van der Waals surface area contributed by atoms with E-state index in [1.165, 1.54) is 11.9 Å². The lowest BCUT2D eigenvalue weighted by Crippen LogP contribution is -2.44. The van der Waals surface area contributed by atoms with Gasteiger partial charge in [-0.2, -0.15) is 10.2 Å². The first-order chi connectivity index (χ1) is 15.9. The average molecular weight is 443 g/mol. The summed E-state index contributed by atoms with van der Waals surface area (Å²) in [5.74, 6) is 0.0502. The molecule has 1 fully saturated rings.